The second-order valence-corrected chi connectivity index (χ2v) is 5.86. The van der Waals surface area contributed by atoms with E-state index in [0.717, 1.165) is 0 Å². The van der Waals surface area contributed by atoms with Gasteiger partial charge < -0.3 is 10.1 Å². The zero-order valence-electron chi connectivity index (χ0n) is 14.6. The molecule has 0 aliphatic carbocycles. The number of para-hydroxylation sites is 2. The maximum atomic E-state index is 13.3. The Morgan fingerprint density at radius 1 is 1.21 bits per heavy atom. The molecule has 0 saturated carbocycles. The Morgan fingerprint density at radius 3 is 2.71 bits per heavy atom. The maximum Gasteiger partial charge on any atom is 0.340 e. The summed E-state index contributed by atoms with van der Waals surface area (Å²) in [5.41, 5.74) is 0.575. The smallest absolute Gasteiger partial charge is 0.340 e. The number of aryl methyl sites for hydroxylation is 1. The highest BCUT2D eigenvalue weighted by Gasteiger charge is 2.18. The summed E-state index contributed by atoms with van der Waals surface area (Å²) in [6.45, 7) is 0.931. The molecule has 1 amide bonds. The van der Waals surface area contributed by atoms with Gasteiger partial charge in [-0.1, -0.05) is 12.1 Å². The van der Waals surface area contributed by atoms with Crippen molar-refractivity contribution in [3.63, 3.8) is 0 Å². The number of hydrogen-bond acceptors (Lipinski definition) is 6. The molecule has 28 heavy (non-hydrogen) atoms. The second-order valence-electron chi connectivity index (χ2n) is 5.86. The van der Waals surface area contributed by atoms with Crippen LogP contribution in [0.3, 0.4) is 0 Å². The first kappa shape index (κ1) is 18.9. The lowest BCUT2D eigenvalue weighted by Crippen LogP contribution is -2.21. The van der Waals surface area contributed by atoms with Gasteiger partial charge in [0.2, 0.25) is 0 Å². The topological polar surface area (TPSA) is 111 Å². The van der Waals surface area contributed by atoms with Crippen molar-refractivity contribution < 1.29 is 23.6 Å². The Kier molecular flexibility index (Phi) is 5.25. The van der Waals surface area contributed by atoms with E-state index >= 15 is 0 Å². The lowest BCUT2D eigenvalue weighted by atomic mass is 10.1. The van der Waals surface area contributed by atoms with Gasteiger partial charge in [-0.3, -0.25) is 19.9 Å². The molecule has 3 aromatic rings. The van der Waals surface area contributed by atoms with Crippen molar-refractivity contribution in [2.24, 2.45) is 0 Å². The zero-order valence-corrected chi connectivity index (χ0v) is 14.6. The number of rotatable bonds is 5. The first-order chi connectivity index (χ1) is 13.3. The number of pyridine rings is 1. The number of ether oxygens (including phenoxy) is 1. The van der Waals surface area contributed by atoms with E-state index in [1.807, 2.05) is 0 Å². The minimum atomic E-state index is -0.783. The average molecular weight is 383 g/mol. The number of benzene rings is 2. The van der Waals surface area contributed by atoms with Crippen LogP contribution in [0, 0.1) is 22.9 Å². The number of carbonyl (C=O) groups excluding carboxylic acids is 2. The molecular formula is C19H14FN3O5. The lowest BCUT2D eigenvalue weighted by Gasteiger charge is -2.09. The van der Waals surface area contributed by atoms with Crippen molar-refractivity contribution in [1.29, 1.82) is 0 Å². The first-order valence-corrected chi connectivity index (χ1v) is 8.12. The third-order valence-corrected chi connectivity index (χ3v) is 3.90. The number of hydrogen-bond donors (Lipinski definition) is 1. The summed E-state index contributed by atoms with van der Waals surface area (Å²) in [5, 5.41) is 13.8. The van der Waals surface area contributed by atoms with Crippen LogP contribution >= 0.6 is 0 Å². The molecule has 0 spiro atoms. The number of nitrogens with zero attached hydrogens (tertiary/aromatic N) is 2. The van der Waals surface area contributed by atoms with Crippen LogP contribution in [-0.2, 0) is 9.53 Å². The van der Waals surface area contributed by atoms with Crippen LogP contribution in [0.1, 0.15) is 16.1 Å². The predicted molar refractivity (Wildman–Crippen MR) is 98.4 cm³/mol. The molecule has 8 nitrogen and oxygen atoms in total. The summed E-state index contributed by atoms with van der Waals surface area (Å²) in [6, 6.07) is 11.1. The molecule has 1 heterocycles. The molecule has 0 aliphatic heterocycles. The average Bonchev–Trinajstić information content (AvgIpc) is 2.65. The molecule has 3 rings (SSSR count). The van der Waals surface area contributed by atoms with Gasteiger partial charge >= 0.3 is 5.97 Å². The summed E-state index contributed by atoms with van der Waals surface area (Å²) >= 11 is 0. The van der Waals surface area contributed by atoms with Gasteiger partial charge in [-0.05, 0) is 31.2 Å². The second kappa shape index (κ2) is 7.78. The Hall–Kier alpha value is -3.88. The maximum absolute atomic E-state index is 13.3. The highest BCUT2D eigenvalue weighted by molar-refractivity contribution is 5.98. The zero-order chi connectivity index (χ0) is 20.3. The molecule has 0 fully saturated rings. The number of halogens is 1. The Bertz CT molecular complexity index is 1100. The minimum absolute atomic E-state index is 0.000807. The number of fused-ring (bicyclic) bond motifs is 1. The Morgan fingerprint density at radius 2 is 1.96 bits per heavy atom. The molecular weight excluding hydrogens is 369 g/mol. The van der Waals surface area contributed by atoms with E-state index in [9.17, 15) is 24.1 Å². The van der Waals surface area contributed by atoms with Gasteiger partial charge in [-0.2, -0.15) is 0 Å². The van der Waals surface area contributed by atoms with Crippen molar-refractivity contribution in [2.75, 3.05) is 11.9 Å². The summed E-state index contributed by atoms with van der Waals surface area (Å²) in [5.74, 6) is -1.95. The van der Waals surface area contributed by atoms with Crippen LogP contribution in [0.2, 0.25) is 0 Å². The van der Waals surface area contributed by atoms with E-state index in [1.54, 1.807) is 6.92 Å². The van der Waals surface area contributed by atoms with E-state index in [0.29, 0.717) is 16.6 Å². The van der Waals surface area contributed by atoms with Crippen LogP contribution < -0.4 is 5.32 Å². The Balaban J connectivity index is 1.70. The van der Waals surface area contributed by atoms with Gasteiger partial charge in [0, 0.05) is 17.5 Å². The number of nitro groups is 1. The highest BCUT2D eigenvalue weighted by Crippen LogP contribution is 2.23. The Labute approximate surface area is 158 Å². The van der Waals surface area contributed by atoms with Crippen molar-refractivity contribution >= 4 is 34.2 Å². The SMILES string of the molecule is Cc1nc2cc(F)ccc2cc1C(=O)OCC(=O)Nc1ccccc1[N+](=O)[O-]. The third-order valence-electron chi connectivity index (χ3n) is 3.90. The molecule has 0 radical (unpaired) electrons. The number of aromatic nitrogens is 1. The normalized spacial score (nSPS) is 10.5. The molecule has 1 aromatic heterocycles. The number of nitrogens with one attached hydrogen (secondary N) is 1. The summed E-state index contributed by atoms with van der Waals surface area (Å²) in [7, 11) is 0. The molecule has 2 aromatic carbocycles. The summed E-state index contributed by atoms with van der Waals surface area (Å²) in [4.78, 5) is 38.8. The highest BCUT2D eigenvalue weighted by atomic mass is 19.1. The number of nitro benzene ring substituents is 1. The number of carbonyl (C=O) groups is 2. The number of amides is 1. The van der Waals surface area contributed by atoms with Gasteiger partial charge in [0.05, 0.1) is 21.7 Å². The molecule has 0 aliphatic rings. The fourth-order valence-electron chi connectivity index (χ4n) is 2.58. The van der Waals surface area contributed by atoms with E-state index in [1.165, 1.54) is 48.5 Å². The fraction of sp³-hybridized carbons (Fsp3) is 0.105. The molecule has 1 N–H and O–H groups in total. The van der Waals surface area contributed by atoms with Crippen molar-refractivity contribution in [2.45, 2.75) is 6.92 Å². The first-order valence-electron chi connectivity index (χ1n) is 8.12. The van der Waals surface area contributed by atoms with Crippen LogP contribution in [0.15, 0.2) is 48.5 Å². The number of esters is 1. The largest absolute Gasteiger partial charge is 0.452 e. The molecule has 0 unspecified atom stereocenters. The van der Waals surface area contributed by atoms with E-state index < -0.39 is 29.2 Å². The monoisotopic (exact) mass is 383 g/mol. The van der Waals surface area contributed by atoms with Crippen molar-refractivity contribution in [1.82, 2.24) is 4.98 Å². The van der Waals surface area contributed by atoms with Crippen molar-refractivity contribution in [3.8, 4) is 0 Å². The fourth-order valence-corrected chi connectivity index (χ4v) is 2.58. The standard InChI is InChI=1S/C19H14FN3O5/c1-11-14(8-12-6-7-13(20)9-16(12)21-11)19(25)28-10-18(24)22-15-4-2-3-5-17(15)23(26)27/h2-9H,10H2,1H3,(H,22,24). The summed E-state index contributed by atoms with van der Waals surface area (Å²) in [6.07, 6.45) is 0. The lowest BCUT2D eigenvalue weighted by molar-refractivity contribution is -0.383. The molecule has 0 atom stereocenters. The number of anilines is 1. The van der Waals surface area contributed by atoms with Crippen LogP contribution in [-0.4, -0.2) is 28.4 Å². The molecule has 0 bridgehead atoms. The summed E-state index contributed by atoms with van der Waals surface area (Å²) < 4.78 is 18.3. The van der Waals surface area contributed by atoms with Gasteiger partial charge in [0.1, 0.15) is 11.5 Å². The molecule has 9 heteroatoms. The van der Waals surface area contributed by atoms with Gasteiger partial charge in [-0.15, -0.1) is 0 Å². The molecule has 0 saturated heterocycles. The van der Waals surface area contributed by atoms with Crippen LogP contribution in [0.5, 0.6) is 0 Å². The van der Waals surface area contributed by atoms with Crippen molar-refractivity contribution in [3.05, 3.63) is 75.7 Å². The van der Waals surface area contributed by atoms with Gasteiger partial charge in [-0.25, -0.2) is 9.18 Å². The van der Waals surface area contributed by atoms with E-state index in [-0.39, 0.29) is 16.9 Å². The molecule has 142 valence electrons. The van der Waals surface area contributed by atoms with Crippen LogP contribution in [0.4, 0.5) is 15.8 Å². The van der Waals surface area contributed by atoms with E-state index in [2.05, 4.69) is 10.3 Å². The predicted octanol–water partition coefficient (Wildman–Crippen LogP) is 3.39. The van der Waals surface area contributed by atoms with Crippen LogP contribution in [0.25, 0.3) is 10.9 Å². The van der Waals surface area contributed by atoms with Gasteiger partial charge in [0.15, 0.2) is 6.61 Å². The van der Waals surface area contributed by atoms with E-state index in [4.69, 9.17) is 4.74 Å². The van der Waals surface area contributed by atoms with Gasteiger partial charge in [0.25, 0.3) is 11.6 Å². The third kappa shape index (κ3) is 4.09. The quantitative estimate of drug-likeness (QED) is 0.411. The minimum Gasteiger partial charge on any atom is -0.452 e.